The van der Waals surface area contributed by atoms with E-state index in [1.54, 1.807) is 42.5 Å². The summed E-state index contributed by atoms with van der Waals surface area (Å²) in [6.07, 6.45) is -0.268. The van der Waals surface area contributed by atoms with Gasteiger partial charge in [-0.05, 0) is 73.5 Å². The summed E-state index contributed by atoms with van der Waals surface area (Å²) in [7, 11) is -3.74. The zero-order valence-corrected chi connectivity index (χ0v) is 18.7. The predicted octanol–water partition coefficient (Wildman–Crippen LogP) is 5.25. The van der Waals surface area contributed by atoms with Gasteiger partial charge in [0.25, 0.3) is 15.9 Å². The molecule has 0 heterocycles. The van der Waals surface area contributed by atoms with Gasteiger partial charge < -0.3 is 10.1 Å². The van der Waals surface area contributed by atoms with Crippen LogP contribution in [0.3, 0.4) is 0 Å². The molecule has 6 nitrogen and oxygen atoms in total. The number of rotatable bonds is 8. The van der Waals surface area contributed by atoms with Crippen LogP contribution in [0.4, 0.5) is 11.4 Å². The fourth-order valence-electron chi connectivity index (χ4n) is 2.89. The zero-order chi connectivity index (χ0) is 22.4. The Labute approximate surface area is 187 Å². The van der Waals surface area contributed by atoms with E-state index in [0.29, 0.717) is 28.6 Å². The van der Waals surface area contributed by atoms with Crippen molar-refractivity contribution in [3.8, 4) is 5.75 Å². The molecule has 31 heavy (non-hydrogen) atoms. The van der Waals surface area contributed by atoms with Gasteiger partial charge in [0, 0.05) is 16.4 Å². The minimum Gasteiger partial charge on any atom is -0.481 e. The lowest BCUT2D eigenvalue weighted by atomic mass is 10.2. The van der Waals surface area contributed by atoms with Gasteiger partial charge in [-0.25, -0.2) is 8.42 Å². The van der Waals surface area contributed by atoms with Gasteiger partial charge in [0.2, 0.25) is 0 Å². The normalized spacial score (nSPS) is 12.1. The SMILES string of the molecule is CC[C@@H](Oc1cccc(Cl)c1)C(=O)Nc1ccc(S(=O)(=O)Nc2cccc(C)c2)cc1. The largest absolute Gasteiger partial charge is 0.481 e. The highest BCUT2D eigenvalue weighted by atomic mass is 35.5. The maximum absolute atomic E-state index is 12.6. The highest BCUT2D eigenvalue weighted by molar-refractivity contribution is 7.92. The average Bonchev–Trinajstić information content (AvgIpc) is 2.72. The molecule has 1 atom stereocenters. The van der Waals surface area contributed by atoms with Crippen LogP contribution >= 0.6 is 11.6 Å². The second kappa shape index (κ2) is 9.85. The number of halogens is 1. The van der Waals surface area contributed by atoms with Crippen LogP contribution in [0.5, 0.6) is 5.75 Å². The van der Waals surface area contributed by atoms with Gasteiger partial charge in [0.15, 0.2) is 6.10 Å². The Hall–Kier alpha value is -3.03. The van der Waals surface area contributed by atoms with E-state index < -0.39 is 16.1 Å². The molecule has 0 aliphatic carbocycles. The standard InChI is InChI=1S/C23H23ClN2O4S/c1-3-22(30-20-9-5-7-17(24)15-20)23(27)25-18-10-12-21(13-11-18)31(28,29)26-19-8-4-6-16(2)14-19/h4-15,22,26H,3H2,1-2H3,(H,25,27)/t22-/m1/s1. The fourth-order valence-corrected chi connectivity index (χ4v) is 4.12. The lowest BCUT2D eigenvalue weighted by Crippen LogP contribution is -2.32. The number of benzene rings is 3. The molecule has 0 aromatic heterocycles. The molecule has 0 aliphatic heterocycles. The van der Waals surface area contributed by atoms with E-state index in [1.807, 2.05) is 19.9 Å². The van der Waals surface area contributed by atoms with E-state index in [1.165, 1.54) is 24.3 Å². The number of hydrogen-bond acceptors (Lipinski definition) is 4. The van der Waals surface area contributed by atoms with Gasteiger partial charge in [-0.1, -0.05) is 36.7 Å². The molecule has 3 aromatic carbocycles. The van der Waals surface area contributed by atoms with E-state index in [-0.39, 0.29) is 10.8 Å². The Kier molecular flexibility index (Phi) is 7.20. The van der Waals surface area contributed by atoms with Crippen LogP contribution in [0.25, 0.3) is 0 Å². The maximum Gasteiger partial charge on any atom is 0.265 e. The van der Waals surface area contributed by atoms with Gasteiger partial charge in [0.05, 0.1) is 4.90 Å². The molecule has 0 unspecified atom stereocenters. The van der Waals surface area contributed by atoms with Gasteiger partial charge in [-0.2, -0.15) is 0 Å². The van der Waals surface area contributed by atoms with Crippen molar-refractivity contribution in [3.05, 3.63) is 83.4 Å². The first kappa shape index (κ1) is 22.7. The number of carbonyl (C=O) groups excluding carboxylic acids is 1. The highest BCUT2D eigenvalue weighted by Gasteiger charge is 2.19. The van der Waals surface area contributed by atoms with Crippen molar-refractivity contribution >= 4 is 38.9 Å². The summed E-state index contributed by atoms with van der Waals surface area (Å²) in [5, 5.41) is 3.27. The number of carbonyl (C=O) groups is 1. The zero-order valence-electron chi connectivity index (χ0n) is 17.1. The molecule has 0 spiro atoms. The molecule has 3 aromatic rings. The lowest BCUT2D eigenvalue weighted by Gasteiger charge is -2.17. The maximum atomic E-state index is 12.6. The van der Waals surface area contributed by atoms with Crippen LogP contribution < -0.4 is 14.8 Å². The lowest BCUT2D eigenvalue weighted by molar-refractivity contribution is -0.122. The van der Waals surface area contributed by atoms with Crippen molar-refractivity contribution in [1.82, 2.24) is 0 Å². The first-order valence-electron chi connectivity index (χ1n) is 9.69. The summed E-state index contributed by atoms with van der Waals surface area (Å²) in [4.78, 5) is 12.7. The molecule has 162 valence electrons. The van der Waals surface area contributed by atoms with Gasteiger partial charge >= 0.3 is 0 Å². The topological polar surface area (TPSA) is 84.5 Å². The number of anilines is 2. The molecular weight excluding hydrogens is 436 g/mol. The van der Waals surface area contributed by atoms with Crippen molar-refractivity contribution in [2.24, 2.45) is 0 Å². The van der Waals surface area contributed by atoms with Crippen LogP contribution in [0.1, 0.15) is 18.9 Å². The summed E-state index contributed by atoms with van der Waals surface area (Å²) in [5.41, 5.74) is 1.90. The molecule has 1 amide bonds. The number of amides is 1. The van der Waals surface area contributed by atoms with Crippen LogP contribution in [-0.4, -0.2) is 20.4 Å². The van der Waals surface area contributed by atoms with Crippen molar-refractivity contribution < 1.29 is 17.9 Å². The van der Waals surface area contributed by atoms with Gasteiger partial charge in [0.1, 0.15) is 5.75 Å². The van der Waals surface area contributed by atoms with Gasteiger partial charge in [-0.3, -0.25) is 9.52 Å². The molecule has 0 saturated heterocycles. The van der Waals surface area contributed by atoms with E-state index in [9.17, 15) is 13.2 Å². The number of hydrogen-bond donors (Lipinski definition) is 2. The Morgan fingerprint density at radius 3 is 2.35 bits per heavy atom. The van der Waals surface area contributed by atoms with Crippen LogP contribution in [-0.2, 0) is 14.8 Å². The first-order valence-corrected chi connectivity index (χ1v) is 11.6. The Bertz CT molecular complexity index is 1160. The van der Waals surface area contributed by atoms with Crippen LogP contribution in [0.15, 0.2) is 77.7 Å². The summed E-state index contributed by atoms with van der Waals surface area (Å²) in [6, 6.07) is 19.9. The Balaban J connectivity index is 1.67. The average molecular weight is 459 g/mol. The first-order chi connectivity index (χ1) is 14.8. The predicted molar refractivity (Wildman–Crippen MR) is 123 cm³/mol. The number of aryl methyl sites for hydroxylation is 1. The van der Waals surface area contributed by atoms with Crippen LogP contribution in [0, 0.1) is 6.92 Å². The highest BCUT2D eigenvalue weighted by Crippen LogP contribution is 2.21. The molecule has 0 bridgehead atoms. The van der Waals surface area contributed by atoms with Crippen molar-refractivity contribution in [2.45, 2.75) is 31.3 Å². The molecule has 0 aliphatic rings. The third kappa shape index (κ3) is 6.23. The third-order valence-corrected chi connectivity index (χ3v) is 6.07. The van der Waals surface area contributed by atoms with E-state index in [0.717, 1.165) is 5.56 Å². The molecule has 0 saturated carbocycles. The monoisotopic (exact) mass is 458 g/mol. The van der Waals surface area contributed by atoms with Crippen molar-refractivity contribution in [1.29, 1.82) is 0 Å². The second-order valence-electron chi connectivity index (χ2n) is 6.96. The van der Waals surface area contributed by atoms with E-state index in [2.05, 4.69) is 10.0 Å². The van der Waals surface area contributed by atoms with Crippen LogP contribution in [0.2, 0.25) is 5.02 Å². The van der Waals surface area contributed by atoms with Crippen molar-refractivity contribution in [3.63, 3.8) is 0 Å². The quantitative estimate of drug-likeness (QED) is 0.483. The minimum atomic E-state index is -3.74. The smallest absolute Gasteiger partial charge is 0.265 e. The summed E-state index contributed by atoms with van der Waals surface area (Å²) < 4.78 is 33.5. The summed E-state index contributed by atoms with van der Waals surface area (Å²) >= 11 is 5.96. The molecule has 3 rings (SSSR count). The Morgan fingerprint density at radius 2 is 1.71 bits per heavy atom. The number of ether oxygens (including phenoxy) is 1. The number of sulfonamides is 1. The molecule has 0 fully saturated rings. The number of nitrogens with one attached hydrogen (secondary N) is 2. The molecule has 0 radical (unpaired) electrons. The third-order valence-electron chi connectivity index (χ3n) is 4.44. The van der Waals surface area contributed by atoms with Gasteiger partial charge in [-0.15, -0.1) is 0 Å². The fraction of sp³-hybridized carbons (Fsp3) is 0.174. The van der Waals surface area contributed by atoms with Crippen molar-refractivity contribution in [2.75, 3.05) is 10.0 Å². The Morgan fingerprint density at radius 1 is 1.00 bits per heavy atom. The summed E-state index contributed by atoms with van der Waals surface area (Å²) in [5.74, 6) is 0.161. The van der Waals surface area contributed by atoms with E-state index in [4.69, 9.17) is 16.3 Å². The molecule has 8 heteroatoms. The molecular formula is C23H23ClN2O4S. The summed E-state index contributed by atoms with van der Waals surface area (Å²) in [6.45, 7) is 3.72. The molecule has 2 N–H and O–H groups in total. The van der Waals surface area contributed by atoms with E-state index >= 15 is 0 Å². The minimum absolute atomic E-state index is 0.0919. The second-order valence-corrected chi connectivity index (χ2v) is 9.08.